The number of carbonyl (C=O) groups excluding carboxylic acids is 2. The molecule has 190 valence electrons. The summed E-state index contributed by atoms with van der Waals surface area (Å²) in [6.07, 6.45) is -0.136. The Morgan fingerprint density at radius 1 is 1.11 bits per heavy atom. The van der Waals surface area contributed by atoms with Gasteiger partial charge in [-0.2, -0.15) is 0 Å². The lowest BCUT2D eigenvalue weighted by molar-refractivity contribution is -0.119. The summed E-state index contributed by atoms with van der Waals surface area (Å²) >= 11 is 0. The fourth-order valence-electron chi connectivity index (χ4n) is 4.30. The Morgan fingerprint density at radius 3 is 2.54 bits per heavy atom. The number of nitrogens with zero attached hydrogens (tertiary/aromatic N) is 2. The van der Waals surface area contributed by atoms with Crippen LogP contribution in [0.2, 0.25) is 0 Å². The van der Waals surface area contributed by atoms with Gasteiger partial charge in [0.1, 0.15) is 19.0 Å². The number of rotatable bonds is 6. The molecule has 1 heterocycles. The maximum absolute atomic E-state index is 13.4. The molecule has 0 aromatic heterocycles. The molecule has 0 aliphatic carbocycles. The summed E-state index contributed by atoms with van der Waals surface area (Å²) in [7, 11) is 4.91. The first-order valence-electron chi connectivity index (χ1n) is 11.9. The number of hydrogen-bond acceptors (Lipinski definition) is 6. The Bertz CT molecular complexity index is 984. The predicted molar refractivity (Wildman–Crippen MR) is 136 cm³/mol. The van der Waals surface area contributed by atoms with E-state index in [1.165, 1.54) is 12.7 Å². The van der Waals surface area contributed by atoms with E-state index in [1.54, 1.807) is 37.3 Å². The summed E-state index contributed by atoms with van der Waals surface area (Å²) in [5.41, 5.74) is 2.14. The second-order valence-electron chi connectivity index (χ2n) is 9.20. The van der Waals surface area contributed by atoms with Gasteiger partial charge in [0.25, 0.3) is 5.91 Å². The van der Waals surface area contributed by atoms with Gasteiger partial charge >= 0.3 is 0 Å². The van der Waals surface area contributed by atoms with Crippen LogP contribution in [-0.4, -0.2) is 81.3 Å². The first-order chi connectivity index (χ1) is 16.8. The first kappa shape index (κ1) is 26.7. The fraction of sp³-hybridized carbons (Fsp3) is 0.481. The summed E-state index contributed by atoms with van der Waals surface area (Å²) in [5, 5.41) is 2.76. The summed E-state index contributed by atoms with van der Waals surface area (Å²) < 4.78 is 16.9. The van der Waals surface area contributed by atoms with Gasteiger partial charge in [-0.15, -0.1) is 0 Å². The minimum absolute atomic E-state index is 0.0659. The highest BCUT2D eigenvalue weighted by molar-refractivity contribution is 5.99. The number of likely N-dealkylation sites (N-methyl/N-ethyl adjacent to an activating group) is 1. The number of ether oxygens (including phenoxy) is 3. The summed E-state index contributed by atoms with van der Waals surface area (Å²) in [5.74, 6) is 0.188. The zero-order chi connectivity index (χ0) is 25.4. The molecule has 0 saturated heterocycles. The van der Waals surface area contributed by atoms with Crippen LogP contribution in [-0.2, 0) is 20.8 Å². The highest BCUT2D eigenvalue weighted by Crippen LogP contribution is 2.27. The van der Waals surface area contributed by atoms with Gasteiger partial charge in [0.15, 0.2) is 0 Å². The Balaban J connectivity index is 1.92. The fourth-order valence-corrected chi connectivity index (χ4v) is 4.30. The molecular weight excluding hydrogens is 446 g/mol. The molecule has 0 unspecified atom stereocenters. The van der Waals surface area contributed by atoms with Crippen LogP contribution in [0.1, 0.15) is 29.8 Å². The monoisotopic (exact) mass is 483 g/mol. The van der Waals surface area contributed by atoms with E-state index < -0.39 is 0 Å². The van der Waals surface area contributed by atoms with Crippen molar-refractivity contribution in [2.75, 3.05) is 52.9 Å². The molecule has 0 spiro atoms. The largest absolute Gasteiger partial charge is 0.491 e. The van der Waals surface area contributed by atoms with Crippen molar-refractivity contribution in [3.05, 3.63) is 59.7 Å². The number of nitrogens with one attached hydrogen (secondary N) is 1. The van der Waals surface area contributed by atoms with Crippen molar-refractivity contribution in [3.63, 3.8) is 0 Å². The van der Waals surface area contributed by atoms with Crippen molar-refractivity contribution >= 4 is 17.5 Å². The Labute approximate surface area is 208 Å². The van der Waals surface area contributed by atoms with Crippen molar-refractivity contribution in [1.82, 2.24) is 9.80 Å². The van der Waals surface area contributed by atoms with E-state index >= 15 is 0 Å². The zero-order valence-electron chi connectivity index (χ0n) is 21.3. The van der Waals surface area contributed by atoms with Crippen LogP contribution >= 0.6 is 0 Å². The average Bonchev–Trinajstić information content (AvgIpc) is 2.85. The van der Waals surface area contributed by atoms with Gasteiger partial charge in [-0.3, -0.25) is 14.5 Å². The minimum atomic E-state index is -0.291. The minimum Gasteiger partial charge on any atom is -0.491 e. The standard InChI is InChI=1S/C27H37N3O5/c1-19-14-30(15-21-9-7-6-8-10-21)20(2)17-35-24-12-11-22(28-26(31)18-33-4)13-23(24)27(32)29(3)16-25(19)34-5/h6-13,19-20,25H,14-18H2,1-5H3,(H,28,31)/t19-,20+,25-/m1/s1. The van der Waals surface area contributed by atoms with Crippen LogP contribution < -0.4 is 10.1 Å². The van der Waals surface area contributed by atoms with E-state index in [9.17, 15) is 9.59 Å². The van der Waals surface area contributed by atoms with Gasteiger partial charge in [-0.05, 0) is 36.6 Å². The molecule has 3 atom stereocenters. The number of fused-ring (bicyclic) bond motifs is 1. The van der Waals surface area contributed by atoms with Crippen molar-refractivity contribution in [2.24, 2.45) is 5.92 Å². The highest BCUT2D eigenvalue weighted by Gasteiger charge is 2.28. The second kappa shape index (κ2) is 12.7. The maximum atomic E-state index is 13.4. The van der Waals surface area contributed by atoms with Gasteiger partial charge in [0, 0.05) is 52.6 Å². The van der Waals surface area contributed by atoms with Gasteiger partial charge in [0.2, 0.25) is 5.91 Å². The summed E-state index contributed by atoms with van der Waals surface area (Å²) in [6, 6.07) is 15.6. The lowest BCUT2D eigenvalue weighted by Crippen LogP contribution is -2.46. The SMILES string of the molecule is COCC(=O)Nc1ccc2c(c1)C(=O)N(C)C[C@@H](OC)[C@H](C)CN(Cc1ccccc1)[C@@H](C)CO2. The van der Waals surface area contributed by atoms with Crippen LogP contribution in [0.25, 0.3) is 0 Å². The third-order valence-electron chi connectivity index (χ3n) is 6.36. The van der Waals surface area contributed by atoms with E-state index in [0.29, 0.717) is 30.2 Å². The molecular formula is C27H37N3O5. The Morgan fingerprint density at radius 2 is 1.86 bits per heavy atom. The maximum Gasteiger partial charge on any atom is 0.257 e. The average molecular weight is 484 g/mol. The molecule has 0 saturated carbocycles. The van der Waals surface area contributed by atoms with Crippen LogP contribution in [0.3, 0.4) is 0 Å². The molecule has 0 bridgehead atoms. The third-order valence-corrected chi connectivity index (χ3v) is 6.36. The van der Waals surface area contributed by atoms with Crippen molar-refractivity contribution in [3.8, 4) is 5.75 Å². The molecule has 2 aromatic carbocycles. The quantitative estimate of drug-likeness (QED) is 0.679. The normalized spacial score (nSPS) is 21.9. The van der Waals surface area contributed by atoms with E-state index in [0.717, 1.165) is 13.1 Å². The molecule has 2 aromatic rings. The van der Waals surface area contributed by atoms with Gasteiger partial charge in [0.05, 0.1) is 11.7 Å². The number of hydrogen-bond donors (Lipinski definition) is 1. The molecule has 1 aliphatic rings. The van der Waals surface area contributed by atoms with Gasteiger partial charge in [-0.1, -0.05) is 37.3 Å². The molecule has 35 heavy (non-hydrogen) atoms. The van der Waals surface area contributed by atoms with Crippen molar-refractivity contribution < 1.29 is 23.8 Å². The Hall–Kier alpha value is -2.94. The summed E-state index contributed by atoms with van der Waals surface area (Å²) in [6.45, 7) is 6.66. The smallest absolute Gasteiger partial charge is 0.257 e. The molecule has 8 nitrogen and oxygen atoms in total. The molecule has 1 N–H and O–H groups in total. The molecule has 2 amide bonds. The van der Waals surface area contributed by atoms with E-state index in [1.807, 2.05) is 18.2 Å². The number of amides is 2. The lowest BCUT2D eigenvalue weighted by atomic mass is 10.0. The number of benzene rings is 2. The van der Waals surface area contributed by atoms with Gasteiger partial charge < -0.3 is 24.4 Å². The molecule has 8 heteroatoms. The van der Waals surface area contributed by atoms with Crippen molar-refractivity contribution in [1.29, 1.82) is 0 Å². The molecule has 3 rings (SSSR count). The number of carbonyl (C=O) groups is 2. The second-order valence-corrected chi connectivity index (χ2v) is 9.20. The molecule has 1 aliphatic heterocycles. The zero-order valence-corrected chi connectivity index (χ0v) is 21.3. The van der Waals surface area contributed by atoms with Crippen LogP contribution in [0.4, 0.5) is 5.69 Å². The molecule has 0 radical (unpaired) electrons. The topological polar surface area (TPSA) is 80.3 Å². The first-order valence-corrected chi connectivity index (χ1v) is 11.9. The lowest BCUT2D eigenvalue weighted by Gasteiger charge is -2.36. The predicted octanol–water partition coefficient (Wildman–Crippen LogP) is 3.28. The van der Waals surface area contributed by atoms with E-state index in [4.69, 9.17) is 14.2 Å². The van der Waals surface area contributed by atoms with E-state index in [-0.39, 0.29) is 36.5 Å². The van der Waals surface area contributed by atoms with Crippen LogP contribution in [0.15, 0.2) is 48.5 Å². The third kappa shape index (κ3) is 7.27. The van der Waals surface area contributed by atoms with Crippen molar-refractivity contribution in [2.45, 2.75) is 32.5 Å². The molecule has 0 fully saturated rings. The number of anilines is 1. The summed E-state index contributed by atoms with van der Waals surface area (Å²) in [4.78, 5) is 29.5. The van der Waals surface area contributed by atoms with Crippen LogP contribution in [0, 0.1) is 5.92 Å². The number of methoxy groups -OCH3 is 2. The van der Waals surface area contributed by atoms with Crippen LogP contribution in [0.5, 0.6) is 5.75 Å². The van der Waals surface area contributed by atoms with E-state index in [2.05, 4.69) is 36.2 Å². The Kier molecular flexibility index (Phi) is 9.65. The highest BCUT2D eigenvalue weighted by atomic mass is 16.5. The van der Waals surface area contributed by atoms with Gasteiger partial charge in [-0.25, -0.2) is 0 Å².